The lowest BCUT2D eigenvalue weighted by Crippen LogP contribution is -2.40. The first-order valence-electron chi connectivity index (χ1n) is 7.81. The fourth-order valence-corrected chi connectivity index (χ4v) is 2.68. The molecule has 1 heterocycles. The fraction of sp³-hybridized carbons (Fsp3) is 0.588. The molecule has 116 valence electrons. The van der Waals surface area contributed by atoms with Crippen molar-refractivity contribution in [3.05, 3.63) is 35.6 Å². The number of hydrogen-bond donors (Lipinski definition) is 0. The lowest BCUT2D eigenvalue weighted by molar-refractivity contribution is -0.0000197. The monoisotopic (exact) mass is 293 g/mol. The minimum atomic E-state index is -0.307. The van der Waals surface area contributed by atoms with Gasteiger partial charge in [0, 0.05) is 31.7 Å². The van der Waals surface area contributed by atoms with Gasteiger partial charge in [-0.15, -0.1) is 0 Å². The number of halogens is 1. The minimum Gasteiger partial charge on any atom is -0.377 e. The maximum atomic E-state index is 12.8. The van der Waals surface area contributed by atoms with Gasteiger partial charge >= 0.3 is 0 Å². The highest BCUT2D eigenvalue weighted by atomic mass is 19.1. The summed E-state index contributed by atoms with van der Waals surface area (Å²) in [4.78, 5) is 14.4. The van der Waals surface area contributed by atoms with Gasteiger partial charge in [0.25, 0.3) is 0 Å². The summed E-state index contributed by atoms with van der Waals surface area (Å²) < 4.78 is 18.6. The van der Waals surface area contributed by atoms with Gasteiger partial charge in [0.15, 0.2) is 5.78 Å². The number of ketones is 1. The normalized spacial score (nSPS) is 19.6. The summed E-state index contributed by atoms with van der Waals surface area (Å²) in [5.74, 6) is -0.231. The zero-order valence-corrected chi connectivity index (χ0v) is 12.7. The van der Waals surface area contributed by atoms with Crippen LogP contribution in [0.4, 0.5) is 4.39 Å². The van der Waals surface area contributed by atoms with Gasteiger partial charge in [0.05, 0.1) is 6.10 Å². The van der Waals surface area contributed by atoms with Crippen LogP contribution < -0.4 is 0 Å². The first-order valence-corrected chi connectivity index (χ1v) is 7.81. The van der Waals surface area contributed by atoms with Crippen molar-refractivity contribution in [3.8, 4) is 0 Å². The van der Waals surface area contributed by atoms with E-state index >= 15 is 0 Å². The third-order valence-corrected chi connectivity index (χ3v) is 3.84. The second kappa shape index (κ2) is 8.25. The quantitative estimate of drug-likeness (QED) is 0.723. The lowest BCUT2D eigenvalue weighted by atomic mass is 10.1. The Bertz CT molecular complexity index is 447. The maximum Gasteiger partial charge on any atom is 0.164 e. The van der Waals surface area contributed by atoms with Crippen molar-refractivity contribution in [2.45, 2.75) is 38.7 Å². The largest absolute Gasteiger partial charge is 0.377 e. The first-order chi connectivity index (χ1) is 10.2. The third kappa shape index (κ3) is 5.21. The van der Waals surface area contributed by atoms with Crippen LogP contribution in [0.5, 0.6) is 0 Å². The van der Waals surface area contributed by atoms with Crippen LogP contribution in [0.3, 0.4) is 0 Å². The number of ether oxygens (including phenoxy) is 1. The van der Waals surface area contributed by atoms with E-state index in [1.807, 2.05) is 0 Å². The van der Waals surface area contributed by atoms with Gasteiger partial charge in [-0.05, 0) is 50.1 Å². The molecule has 1 unspecified atom stereocenters. The Kier molecular flexibility index (Phi) is 6.33. The summed E-state index contributed by atoms with van der Waals surface area (Å²) in [6.07, 6.45) is 4.06. The molecule has 0 aliphatic carbocycles. The summed E-state index contributed by atoms with van der Waals surface area (Å²) in [5.41, 5.74) is 0.590. The molecule has 1 aliphatic heterocycles. The van der Waals surface area contributed by atoms with Crippen molar-refractivity contribution in [2.24, 2.45) is 0 Å². The number of rotatable bonds is 7. The third-order valence-electron chi connectivity index (χ3n) is 3.84. The molecule has 1 fully saturated rings. The fourth-order valence-electron chi connectivity index (χ4n) is 2.68. The standard InChI is InChI=1S/C17H24FNO2/c1-2-12-21-16-4-3-10-19(13-16)11-9-17(20)14-5-7-15(18)8-6-14/h5-8,16H,2-4,9-13H2,1H3. The highest BCUT2D eigenvalue weighted by molar-refractivity contribution is 5.96. The number of hydrogen-bond acceptors (Lipinski definition) is 3. The molecule has 1 aliphatic rings. The Morgan fingerprint density at radius 2 is 2.14 bits per heavy atom. The Labute approximate surface area is 126 Å². The van der Waals surface area contributed by atoms with Crippen LogP contribution in [0, 0.1) is 5.82 Å². The van der Waals surface area contributed by atoms with Gasteiger partial charge in [-0.3, -0.25) is 4.79 Å². The zero-order valence-electron chi connectivity index (χ0n) is 12.7. The highest BCUT2D eigenvalue weighted by Gasteiger charge is 2.20. The second-order valence-electron chi connectivity index (χ2n) is 5.62. The zero-order chi connectivity index (χ0) is 15.1. The molecular formula is C17H24FNO2. The molecule has 0 spiro atoms. The lowest BCUT2D eigenvalue weighted by Gasteiger charge is -2.32. The van der Waals surface area contributed by atoms with Crippen molar-refractivity contribution < 1.29 is 13.9 Å². The molecule has 1 saturated heterocycles. The SMILES string of the molecule is CCCOC1CCCN(CCC(=O)c2ccc(F)cc2)C1. The predicted octanol–water partition coefficient (Wildman–Crippen LogP) is 3.29. The van der Waals surface area contributed by atoms with E-state index in [0.717, 1.165) is 45.5 Å². The molecule has 0 N–H and O–H groups in total. The Balaban J connectivity index is 1.76. The van der Waals surface area contributed by atoms with E-state index in [1.54, 1.807) is 12.1 Å². The van der Waals surface area contributed by atoms with E-state index in [-0.39, 0.29) is 11.6 Å². The summed E-state index contributed by atoms with van der Waals surface area (Å²) >= 11 is 0. The summed E-state index contributed by atoms with van der Waals surface area (Å²) in [7, 11) is 0. The Hall–Kier alpha value is -1.26. The minimum absolute atomic E-state index is 0.0756. The molecule has 3 nitrogen and oxygen atoms in total. The number of carbonyl (C=O) groups is 1. The summed E-state index contributed by atoms with van der Waals surface area (Å²) in [6, 6.07) is 5.79. The smallest absolute Gasteiger partial charge is 0.164 e. The number of benzene rings is 1. The van der Waals surface area contributed by atoms with Crippen molar-refractivity contribution in [2.75, 3.05) is 26.2 Å². The summed E-state index contributed by atoms with van der Waals surface area (Å²) in [6.45, 7) is 5.62. The summed E-state index contributed by atoms with van der Waals surface area (Å²) in [5, 5.41) is 0. The van der Waals surface area contributed by atoms with Crippen molar-refractivity contribution in [1.29, 1.82) is 0 Å². The number of nitrogens with zero attached hydrogens (tertiary/aromatic N) is 1. The van der Waals surface area contributed by atoms with E-state index in [0.29, 0.717) is 18.1 Å². The van der Waals surface area contributed by atoms with Crippen LogP contribution in [-0.2, 0) is 4.74 Å². The van der Waals surface area contributed by atoms with Crippen LogP contribution in [-0.4, -0.2) is 43.0 Å². The number of piperidine rings is 1. The number of Topliss-reactive ketones (excluding diaryl/α,β-unsaturated/α-hetero) is 1. The van der Waals surface area contributed by atoms with Gasteiger partial charge in [-0.1, -0.05) is 6.92 Å². The molecule has 0 amide bonds. The predicted molar refractivity (Wildman–Crippen MR) is 81.1 cm³/mol. The van der Waals surface area contributed by atoms with E-state index in [1.165, 1.54) is 12.1 Å². The first kappa shape index (κ1) is 16.1. The van der Waals surface area contributed by atoms with Crippen molar-refractivity contribution in [1.82, 2.24) is 4.90 Å². The topological polar surface area (TPSA) is 29.5 Å². The van der Waals surface area contributed by atoms with E-state index in [9.17, 15) is 9.18 Å². The molecule has 1 atom stereocenters. The van der Waals surface area contributed by atoms with Gasteiger partial charge in [0.1, 0.15) is 5.82 Å². The number of carbonyl (C=O) groups excluding carboxylic acids is 1. The van der Waals surface area contributed by atoms with E-state index in [2.05, 4.69) is 11.8 Å². The molecule has 0 saturated carbocycles. The molecule has 4 heteroatoms. The average molecular weight is 293 g/mol. The van der Waals surface area contributed by atoms with Gasteiger partial charge in [-0.2, -0.15) is 0 Å². The van der Waals surface area contributed by atoms with Crippen molar-refractivity contribution >= 4 is 5.78 Å². The van der Waals surface area contributed by atoms with Gasteiger partial charge in [0.2, 0.25) is 0 Å². The van der Waals surface area contributed by atoms with Crippen LogP contribution in [0.2, 0.25) is 0 Å². The van der Waals surface area contributed by atoms with E-state index in [4.69, 9.17) is 4.74 Å². The van der Waals surface area contributed by atoms with Crippen LogP contribution in [0.25, 0.3) is 0 Å². The molecule has 0 bridgehead atoms. The highest BCUT2D eigenvalue weighted by Crippen LogP contribution is 2.14. The van der Waals surface area contributed by atoms with Crippen molar-refractivity contribution in [3.63, 3.8) is 0 Å². The molecule has 0 radical (unpaired) electrons. The molecule has 1 aromatic carbocycles. The molecule has 1 aromatic rings. The second-order valence-corrected chi connectivity index (χ2v) is 5.62. The molecule has 21 heavy (non-hydrogen) atoms. The maximum absolute atomic E-state index is 12.8. The van der Waals surface area contributed by atoms with Crippen LogP contribution in [0.1, 0.15) is 43.0 Å². The van der Waals surface area contributed by atoms with Gasteiger partial charge < -0.3 is 9.64 Å². The van der Waals surface area contributed by atoms with Crippen LogP contribution >= 0.6 is 0 Å². The molecule has 2 rings (SSSR count). The Morgan fingerprint density at radius 1 is 1.38 bits per heavy atom. The molecule has 0 aromatic heterocycles. The number of likely N-dealkylation sites (tertiary alicyclic amines) is 1. The average Bonchev–Trinajstić information content (AvgIpc) is 2.52. The Morgan fingerprint density at radius 3 is 2.86 bits per heavy atom. The van der Waals surface area contributed by atoms with Gasteiger partial charge in [-0.25, -0.2) is 4.39 Å². The molecular weight excluding hydrogens is 269 g/mol. The van der Waals surface area contributed by atoms with E-state index < -0.39 is 0 Å². The van der Waals surface area contributed by atoms with Crippen LogP contribution in [0.15, 0.2) is 24.3 Å².